The first kappa shape index (κ1) is 21.7. The van der Waals surface area contributed by atoms with Crippen LogP contribution in [0.5, 0.6) is 0 Å². The number of aryl methyl sites for hydroxylation is 1. The first-order valence-electron chi connectivity index (χ1n) is 12.0. The molecule has 170 valence electrons. The summed E-state index contributed by atoms with van der Waals surface area (Å²) in [5.41, 5.74) is 3.01. The van der Waals surface area contributed by atoms with Crippen LogP contribution in [0.3, 0.4) is 0 Å². The number of fused-ring (bicyclic) bond motifs is 3. The van der Waals surface area contributed by atoms with Gasteiger partial charge in [-0.25, -0.2) is 13.1 Å². The zero-order valence-electron chi connectivity index (χ0n) is 18.5. The van der Waals surface area contributed by atoms with Crippen LogP contribution in [0, 0.1) is 11.8 Å². The maximum atomic E-state index is 12.4. The first-order chi connectivity index (χ1) is 15.6. The van der Waals surface area contributed by atoms with Gasteiger partial charge in [-0.05, 0) is 73.6 Å². The van der Waals surface area contributed by atoms with Gasteiger partial charge in [-0.15, -0.1) is 0 Å². The Balaban J connectivity index is 1.06. The third-order valence-electron chi connectivity index (χ3n) is 7.54. The van der Waals surface area contributed by atoms with E-state index in [1.807, 2.05) is 6.07 Å². The molecule has 0 saturated heterocycles. The fourth-order valence-corrected chi connectivity index (χ4v) is 6.76. The number of nitrogens with one attached hydrogen (secondary N) is 2. The van der Waals surface area contributed by atoms with E-state index in [9.17, 15) is 8.42 Å². The van der Waals surface area contributed by atoms with E-state index < -0.39 is 10.0 Å². The Morgan fingerprint density at radius 1 is 0.844 bits per heavy atom. The predicted octanol–water partition coefficient (Wildman–Crippen LogP) is 4.26. The molecule has 2 aliphatic carbocycles. The van der Waals surface area contributed by atoms with E-state index >= 15 is 0 Å². The quantitative estimate of drug-likeness (QED) is 0.689. The van der Waals surface area contributed by atoms with Crippen LogP contribution in [0.15, 0.2) is 64.5 Å². The van der Waals surface area contributed by atoms with Gasteiger partial charge >= 0.3 is 0 Å². The number of sulfonamides is 1. The van der Waals surface area contributed by atoms with Crippen molar-refractivity contribution in [1.29, 1.82) is 0 Å². The fraction of sp³-hybridized carbons (Fsp3) is 0.500. The standard InChI is InChI=1S/C26H33N3O2S/c30-32(31,22-7-2-1-3-8-22)28-18-20-12-10-19(11-13-20)17-27-26-16-24-23-9-5-4-6-21(23)14-15-25(24)29-26/h1-9,19-20,24-25,28H,10-18H2,(H,27,29)/t19?,20?,24-,25+/m1/s1. The van der Waals surface area contributed by atoms with Crippen molar-refractivity contribution in [2.75, 3.05) is 13.1 Å². The van der Waals surface area contributed by atoms with Gasteiger partial charge in [-0.1, -0.05) is 42.5 Å². The van der Waals surface area contributed by atoms with Gasteiger partial charge in [0.25, 0.3) is 0 Å². The van der Waals surface area contributed by atoms with Gasteiger partial charge in [-0.2, -0.15) is 0 Å². The molecular formula is C26H33N3O2S. The summed E-state index contributed by atoms with van der Waals surface area (Å²) in [6, 6.07) is 18.0. The molecule has 1 saturated carbocycles. The molecule has 1 heterocycles. The van der Waals surface area contributed by atoms with Crippen molar-refractivity contribution in [3.05, 3.63) is 65.7 Å². The van der Waals surface area contributed by atoms with Gasteiger partial charge in [0.2, 0.25) is 10.0 Å². The Hall–Kier alpha value is -2.18. The highest BCUT2D eigenvalue weighted by molar-refractivity contribution is 7.89. The van der Waals surface area contributed by atoms with E-state index in [2.05, 4.69) is 34.3 Å². The van der Waals surface area contributed by atoms with E-state index in [4.69, 9.17) is 4.99 Å². The molecule has 1 fully saturated rings. The maximum Gasteiger partial charge on any atom is 0.240 e. The lowest BCUT2D eigenvalue weighted by atomic mass is 9.79. The van der Waals surface area contributed by atoms with Gasteiger partial charge in [0.1, 0.15) is 0 Å². The molecule has 2 atom stereocenters. The molecule has 2 aromatic rings. The monoisotopic (exact) mass is 451 g/mol. The molecule has 2 N–H and O–H groups in total. The third-order valence-corrected chi connectivity index (χ3v) is 8.98. The van der Waals surface area contributed by atoms with Gasteiger partial charge in [0.05, 0.1) is 16.8 Å². The van der Waals surface area contributed by atoms with Crippen LogP contribution in [-0.2, 0) is 16.4 Å². The summed E-state index contributed by atoms with van der Waals surface area (Å²) < 4.78 is 27.7. The van der Waals surface area contributed by atoms with E-state index in [-0.39, 0.29) is 0 Å². The van der Waals surface area contributed by atoms with E-state index in [0.29, 0.717) is 35.2 Å². The lowest BCUT2D eigenvalue weighted by Gasteiger charge is -2.29. The SMILES string of the molecule is O=S(=O)(NCC1CCC(CNC2=N[C@H]3CCc4ccccc4[C@H]3C2)CC1)c1ccccc1. The number of aliphatic imine (C=N–C) groups is 1. The van der Waals surface area contributed by atoms with Gasteiger partial charge < -0.3 is 5.32 Å². The van der Waals surface area contributed by atoms with Crippen molar-refractivity contribution in [1.82, 2.24) is 10.0 Å². The number of hydrogen-bond donors (Lipinski definition) is 2. The van der Waals surface area contributed by atoms with Crippen LogP contribution in [0.1, 0.15) is 55.6 Å². The Kier molecular flexibility index (Phi) is 6.33. The van der Waals surface area contributed by atoms with Crippen LogP contribution < -0.4 is 10.0 Å². The molecular weight excluding hydrogens is 418 g/mol. The second-order valence-electron chi connectivity index (χ2n) is 9.62. The lowest BCUT2D eigenvalue weighted by Crippen LogP contribution is -2.34. The van der Waals surface area contributed by atoms with Crippen LogP contribution in [0.2, 0.25) is 0 Å². The van der Waals surface area contributed by atoms with Gasteiger partial charge in [0.15, 0.2) is 0 Å². The van der Waals surface area contributed by atoms with E-state index in [1.165, 1.54) is 17.0 Å². The number of benzene rings is 2. The lowest BCUT2D eigenvalue weighted by molar-refractivity contribution is 0.275. The summed E-state index contributed by atoms with van der Waals surface area (Å²) in [7, 11) is -3.40. The molecule has 2 aromatic carbocycles. The fourth-order valence-electron chi connectivity index (χ4n) is 5.63. The normalized spacial score (nSPS) is 27.3. The van der Waals surface area contributed by atoms with Gasteiger partial charge in [0, 0.05) is 25.4 Å². The van der Waals surface area contributed by atoms with Crippen molar-refractivity contribution >= 4 is 15.9 Å². The third kappa shape index (κ3) is 4.76. The van der Waals surface area contributed by atoms with Crippen molar-refractivity contribution < 1.29 is 8.42 Å². The minimum absolute atomic E-state index is 0.346. The number of nitrogens with zero attached hydrogens (tertiary/aromatic N) is 1. The molecule has 0 spiro atoms. The second-order valence-corrected chi connectivity index (χ2v) is 11.4. The zero-order valence-corrected chi connectivity index (χ0v) is 19.4. The molecule has 0 unspecified atom stereocenters. The highest BCUT2D eigenvalue weighted by atomic mass is 32.2. The molecule has 5 nitrogen and oxygen atoms in total. The molecule has 3 aliphatic rings. The molecule has 0 aromatic heterocycles. The van der Waals surface area contributed by atoms with E-state index in [1.54, 1.807) is 24.3 Å². The van der Waals surface area contributed by atoms with Crippen LogP contribution >= 0.6 is 0 Å². The average molecular weight is 452 g/mol. The van der Waals surface area contributed by atoms with Crippen molar-refractivity contribution in [2.24, 2.45) is 16.8 Å². The largest absolute Gasteiger partial charge is 0.374 e. The molecule has 0 amide bonds. The topological polar surface area (TPSA) is 70.6 Å². The van der Waals surface area contributed by atoms with Crippen molar-refractivity contribution in [3.63, 3.8) is 0 Å². The molecule has 0 bridgehead atoms. The predicted molar refractivity (Wildman–Crippen MR) is 128 cm³/mol. The average Bonchev–Trinajstić information content (AvgIpc) is 3.26. The maximum absolute atomic E-state index is 12.4. The summed E-state index contributed by atoms with van der Waals surface area (Å²) in [5, 5.41) is 3.67. The number of rotatable bonds is 6. The van der Waals surface area contributed by atoms with E-state index in [0.717, 1.165) is 51.5 Å². The summed E-state index contributed by atoms with van der Waals surface area (Å²) in [6.45, 7) is 1.52. The van der Waals surface area contributed by atoms with Crippen molar-refractivity contribution in [2.45, 2.75) is 61.8 Å². The smallest absolute Gasteiger partial charge is 0.240 e. The Labute approximate surface area is 191 Å². The summed E-state index contributed by atoms with van der Waals surface area (Å²) >= 11 is 0. The van der Waals surface area contributed by atoms with Crippen molar-refractivity contribution in [3.8, 4) is 0 Å². The number of hydrogen-bond acceptors (Lipinski definition) is 4. The number of amidine groups is 1. The molecule has 5 rings (SSSR count). The van der Waals surface area contributed by atoms with Gasteiger partial charge in [-0.3, -0.25) is 4.99 Å². The summed E-state index contributed by atoms with van der Waals surface area (Å²) in [4.78, 5) is 5.37. The highest BCUT2D eigenvalue weighted by Gasteiger charge is 2.35. The molecule has 32 heavy (non-hydrogen) atoms. The Bertz CT molecular complexity index is 1060. The summed E-state index contributed by atoms with van der Waals surface area (Å²) in [6.07, 6.45) is 7.80. The van der Waals surface area contributed by atoms with Crippen LogP contribution in [-0.4, -0.2) is 33.4 Å². The zero-order chi connectivity index (χ0) is 22.0. The Morgan fingerprint density at radius 2 is 1.53 bits per heavy atom. The molecule has 1 aliphatic heterocycles. The molecule has 0 radical (unpaired) electrons. The first-order valence-corrected chi connectivity index (χ1v) is 13.5. The molecule has 6 heteroatoms. The minimum Gasteiger partial charge on any atom is -0.374 e. The second kappa shape index (κ2) is 9.36. The Morgan fingerprint density at radius 3 is 2.31 bits per heavy atom. The summed E-state index contributed by atoms with van der Waals surface area (Å²) in [5.74, 6) is 2.81. The highest BCUT2D eigenvalue weighted by Crippen LogP contribution is 2.39. The van der Waals surface area contributed by atoms with Crippen LogP contribution in [0.4, 0.5) is 0 Å². The van der Waals surface area contributed by atoms with Crippen LogP contribution in [0.25, 0.3) is 0 Å². The minimum atomic E-state index is -3.40.